The number of carbonyl (C=O) groups is 1. The van der Waals surface area contributed by atoms with Gasteiger partial charge in [-0.15, -0.1) is 5.10 Å². The highest BCUT2D eigenvalue weighted by atomic mass is 35.5. The van der Waals surface area contributed by atoms with Crippen LogP contribution >= 0.6 is 11.6 Å². The van der Waals surface area contributed by atoms with E-state index in [1.165, 1.54) is 7.11 Å². The van der Waals surface area contributed by atoms with Gasteiger partial charge in [0.05, 0.1) is 29.6 Å². The lowest BCUT2D eigenvalue weighted by atomic mass is 10.1. The number of fused-ring (bicyclic) bond motifs is 1. The summed E-state index contributed by atoms with van der Waals surface area (Å²) in [5.41, 5.74) is 3.72. The molecule has 0 atom stereocenters. The van der Waals surface area contributed by atoms with Crippen LogP contribution in [0.5, 0.6) is 0 Å². The maximum absolute atomic E-state index is 12.0. The van der Waals surface area contributed by atoms with Gasteiger partial charge in [0.1, 0.15) is 0 Å². The summed E-state index contributed by atoms with van der Waals surface area (Å²) in [7, 11) is 1.34. The number of nitrogens with zero attached hydrogens (tertiary/aromatic N) is 3. The molecule has 0 bridgehead atoms. The van der Waals surface area contributed by atoms with Crippen molar-refractivity contribution in [1.82, 2.24) is 14.8 Å². The second kappa shape index (κ2) is 7.32. The fourth-order valence-corrected chi connectivity index (χ4v) is 3.17. The summed E-state index contributed by atoms with van der Waals surface area (Å²) in [4.78, 5) is 12.0. The van der Waals surface area contributed by atoms with Crippen molar-refractivity contribution in [2.24, 2.45) is 0 Å². The molecule has 6 nitrogen and oxygen atoms in total. The van der Waals surface area contributed by atoms with Crippen LogP contribution in [0.4, 0.5) is 11.4 Å². The Kier molecular flexibility index (Phi) is 4.71. The summed E-state index contributed by atoms with van der Waals surface area (Å²) >= 11 is 6.02. The van der Waals surface area contributed by atoms with Crippen molar-refractivity contribution in [2.75, 3.05) is 12.4 Å². The van der Waals surface area contributed by atoms with E-state index in [0.717, 1.165) is 28.1 Å². The minimum absolute atomic E-state index is 0.377. The molecule has 4 aromatic rings. The van der Waals surface area contributed by atoms with Crippen molar-refractivity contribution >= 4 is 39.8 Å². The van der Waals surface area contributed by atoms with Crippen LogP contribution in [0.1, 0.15) is 16.1 Å². The molecule has 0 fully saturated rings. The molecule has 140 valence electrons. The fraction of sp³-hybridized carbons (Fsp3) is 0.0952. The van der Waals surface area contributed by atoms with Gasteiger partial charge in [0.2, 0.25) is 0 Å². The van der Waals surface area contributed by atoms with E-state index in [9.17, 15) is 4.79 Å². The molecule has 4 rings (SSSR count). The number of hydrogen-bond acceptors (Lipinski definition) is 5. The van der Waals surface area contributed by atoms with E-state index in [2.05, 4.69) is 15.5 Å². The van der Waals surface area contributed by atoms with Gasteiger partial charge in [-0.05, 0) is 61.5 Å². The second-order valence-electron chi connectivity index (χ2n) is 6.30. The summed E-state index contributed by atoms with van der Waals surface area (Å²) in [6.07, 6.45) is 1.95. The van der Waals surface area contributed by atoms with E-state index in [4.69, 9.17) is 16.3 Å². The number of carbonyl (C=O) groups excluding carboxylic acids is 1. The maximum atomic E-state index is 12.0. The lowest BCUT2D eigenvalue weighted by molar-refractivity contribution is 0.0602. The molecule has 0 aliphatic carbocycles. The van der Waals surface area contributed by atoms with Gasteiger partial charge < -0.3 is 10.1 Å². The summed E-state index contributed by atoms with van der Waals surface area (Å²) < 4.78 is 6.83. The Morgan fingerprint density at radius 2 is 1.93 bits per heavy atom. The largest absolute Gasteiger partial charge is 0.465 e. The van der Waals surface area contributed by atoms with E-state index in [-0.39, 0.29) is 0 Å². The predicted molar refractivity (Wildman–Crippen MR) is 110 cm³/mol. The van der Waals surface area contributed by atoms with E-state index in [1.807, 2.05) is 54.1 Å². The molecule has 0 amide bonds. The Morgan fingerprint density at radius 3 is 2.68 bits per heavy atom. The minimum Gasteiger partial charge on any atom is -0.465 e. The molecule has 7 heteroatoms. The Bertz CT molecular complexity index is 1170. The number of anilines is 2. The zero-order chi connectivity index (χ0) is 19.7. The number of hydrogen-bond donors (Lipinski definition) is 1. The fourth-order valence-electron chi connectivity index (χ4n) is 3.00. The first-order valence-electron chi connectivity index (χ1n) is 8.62. The van der Waals surface area contributed by atoms with Crippen LogP contribution in [0.15, 0.2) is 60.8 Å². The second-order valence-corrected chi connectivity index (χ2v) is 6.74. The predicted octanol–water partition coefficient (Wildman–Crippen LogP) is 4.91. The number of aromatic nitrogens is 3. The van der Waals surface area contributed by atoms with Crippen molar-refractivity contribution < 1.29 is 9.53 Å². The molecule has 0 aliphatic rings. The highest BCUT2D eigenvalue weighted by Gasteiger charge is 2.13. The summed E-state index contributed by atoms with van der Waals surface area (Å²) in [5, 5.41) is 13.1. The summed E-state index contributed by atoms with van der Waals surface area (Å²) in [5.74, 6) is 0.308. The van der Waals surface area contributed by atoms with E-state index in [1.54, 1.807) is 18.2 Å². The molecule has 2 heterocycles. The summed E-state index contributed by atoms with van der Waals surface area (Å²) in [6, 6.07) is 16.9. The SMILES string of the molecule is COC(=O)c1cc(Cl)ccc1Nc1ccc2c(ccn2-c2ccc(C)nn2)c1. The number of aryl methyl sites for hydroxylation is 1. The number of ether oxygens (including phenoxy) is 1. The summed E-state index contributed by atoms with van der Waals surface area (Å²) in [6.45, 7) is 1.90. The van der Waals surface area contributed by atoms with Crippen molar-refractivity contribution in [3.05, 3.63) is 77.1 Å². The topological polar surface area (TPSA) is 69.0 Å². The van der Waals surface area contributed by atoms with Crippen LogP contribution in [0.2, 0.25) is 5.02 Å². The Balaban J connectivity index is 1.69. The Morgan fingerprint density at radius 1 is 1.07 bits per heavy atom. The maximum Gasteiger partial charge on any atom is 0.340 e. The average molecular weight is 393 g/mol. The normalized spacial score (nSPS) is 10.8. The van der Waals surface area contributed by atoms with Crippen molar-refractivity contribution in [3.8, 4) is 5.82 Å². The average Bonchev–Trinajstić information content (AvgIpc) is 3.12. The lowest BCUT2D eigenvalue weighted by Gasteiger charge is -2.12. The van der Waals surface area contributed by atoms with Gasteiger partial charge in [0.15, 0.2) is 5.82 Å². The number of halogens is 1. The van der Waals surface area contributed by atoms with Gasteiger partial charge in [0, 0.05) is 22.3 Å². The number of benzene rings is 2. The van der Waals surface area contributed by atoms with Gasteiger partial charge in [-0.25, -0.2) is 4.79 Å². The van der Waals surface area contributed by atoms with E-state index >= 15 is 0 Å². The van der Waals surface area contributed by atoms with Gasteiger partial charge in [-0.3, -0.25) is 4.57 Å². The zero-order valence-electron chi connectivity index (χ0n) is 15.3. The van der Waals surface area contributed by atoms with Crippen molar-refractivity contribution in [1.29, 1.82) is 0 Å². The number of rotatable bonds is 4. The van der Waals surface area contributed by atoms with E-state index < -0.39 is 5.97 Å². The standard InChI is InChI=1S/C21H17ClN4O2/c1-13-3-8-20(25-24-13)26-10-9-14-11-16(5-7-19(14)26)23-18-6-4-15(22)12-17(18)21(27)28-2/h3-12,23H,1-2H3. The monoisotopic (exact) mass is 392 g/mol. The smallest absolute Gasteiger partial charge is 0.340 e. The third kappa shape index (κ3) is 3.42. The quantitative estimate of drug-likeness (QED) is 0.499. The molecule has 2 aromatic carbocycles. The molecular formula is C21H17ClN4O2. The first-order valence-corrected chi connectivity index (χ1v) is 8.99. The molecule has 0 aliphatic heterocycles. The van der Waals surface area contributed by atoms with Gasteiger partial charge >= 0.3 is 5.97 Å². The molecule has 28 heavy (non-hydrogen) atoms. The third-order valence-corrected chi connectivity index (χ3v) is 4.62. The van der Waals surface area contributed by atoms with Crippen LogP contribution in [0.3, 0.4) is 0 Å². The van der Waals surface area contributed by atoms with Gasteiger partial charge in [-0.1, -0.05) is 11.6 Å². The van der Waals surface area contributed by atoms with E-state index in [0.29, 0.717) is 16.3 Å². The molecule has 0 saturated carbocycles. The molecule has 0 spiro atoms. The zero-order valence-corrected chi connectivity index (χ0v) is 16.1. The number of nitrogens with one attached hydrogen (secondary N) is 1. The molecule has 0 saturated heterocycles. The van der Waals surface area contributed by atoms with Gasteiger partial charge in [-0.2, -0.15) is 5.10 Å². The van der Waals surface area contributed by atoms with Crippen LogP contribution < -0.4 is 5.32 Å². The molecular weight excluding hydrogens is 376 g/mol. The minimum atomic E-state index is -0.449. The van der Waals surface area contributed by atoms with Gasteiger partial charge in [0.25, 0.3) is 0 Å². The molecule has 0 unspecified atom stereocenters. The van der Waals surface area contributed by atoms with Crippen LogP contribution in [0, 0.1) is 6.92 Å². The Hall–Kier alpha value is -3.38. The lowest BCUT2D eigenvalue weighted by Crippen LogP contribution is -2.05. The third-order valence-electron chi connectivity index (χ3n) is 4.39. The first kappa shape index (κ1) is 18.0. The Labute approximate surface area is 166 Å². The highest BCUT2D eigenvalue weighted by molar-refractivity contribution is 6.31. The van der Waals surface area contributed by atoms with Crippen molar-refractivity contribution in [2.45, 2.75) is 6.92 Å². The van der Waals surface area contributed by atoms with Crippen LogP contribution in [0.25, 0.3) is 16.7 Å². The molecule has 1 N–H and O–H groups in total. The first-order chi connectivity index (χ1) is 13.5. The van der Waals surface area contributed by atoms with Crippen LogP contribution in [-0.2, 0) is 4.74 Å². The van der Waals surface area contributed by atoms with Crippen LogP contribution in [-0.4, -0.2) is 27.8 Å². The number of methoxy groups -OCH3 is 1. The van der Waals surface area contributed by atoms with Crippen molar-refractivity contribution in [3.63, 3.8) is 0 Å². The molecule has 2 aromatic heterocycles. The molecule has 0 radical (unpaired) electrons. The highest BCUT2D eigenvalue weighted by Crippen LogP contribution is 2.28. The number of esters is 1.